The molecule has 5 rings (SSSR count). The normalized spacial score (nSPS) is 24.4. The first kappa shape index (κ1) is 20.8. The molecular weight excluding hydrogens is 435 g/mol. The van der Waals surface area contributed by atoms with Gasteiger partial charge in [0.15, 0.2) is 0 Å². The minimum atomic E-state index is -0.888. The lowest BCUT2D eigenvalue weighted by molar-refractivity contribution is -0.0740. The maximum Gasteiger partial charge on any atom is 0.255 e. The van der Waals surface area contributed by atoms with E-state index in [0.29, 0.717) is 41.7 Å². The van der Waals surface area contributed by atoms with Gasteiger partial charge in [0.25, 0.3) is 5.91 Å². The zero-order chi connectivity index (χ0) is 21.8. The molecule has 0 unspecified atom stereocenters. The molecule has 0 spiro atoms. The zero-order valence-corrected chi connectivity index (χ0v) is 18.7. The number of halogens is 2. The average Bonchev–Trinajstić information content (AvgIpc) is 3.15. The highest BCUT2D eigenvalue weighted by atomic mass is 35.5. The van der Waals surface area contributed by atoms with Gasteiger partial charge in [0.2, 0.25) is 0 Å². The van der Waals surface area contributed by atoms with Gasteiger partial charge in [0.05, 0.1) is 16.1 Å². The van der Waals surface area contributed by atoms with Crippen LogP contribution >= 0.6 is 23.2 Å². The molecule has 2 saturated heterocycles. The van der Waals surface area contributed by atoms with Crippen LogP contribution in [0.15, 0.2) is 36.4 Å². The molecule has 31 heavy (non-hydrogen) atoms. The fourth-order valence-corrected chi connectivity index (χ4v) is 5.44. The smallest absolute Gasteiger partial charge is 0.255 e. The summed E-state index contributed by atoms with van der Waals surface area (Å²) >= 11 is 12.6. The van der Waals surface area contributed by atoms with Crippen molar-refractivity contribution in [3.05, 3.63) is 63.3 Å². The summed E-state index contributed by atoms with van der Waals surface area (Å²) in [7, 11) is 0. The lowest BCUT2D eigenvalue weighted by atomic mass is 9.82. The number of carbonyl (C=O) groups excluding carboxylic acids is 1. The predicted octanol–water partition coefficient (Wildman–Crippen LogP) is 3.99. The molecule has 162 valence electrons. The van der Waals surface area contributed by atoms with E-state index in [9.17, 15) is 9.90 Å². The van der Waals surface area contributed by atoms with Crippen molar-refractivity contribution in [3.8, 4) is 0 Å². The number of hydrogen-bond donors (Lipinski definition) is 2. The fourth-order valence-electron chi connectivity index (χ4n) is 4.93. The van der Waals surface area contributed by atoms with E-state index in [2.05, 4.69) is 15.1 Å². The number of aromatic amines is 1. The first-order valence-corrected chi connectivity index (χ1v) is 11.3. The Bertz CT molecular complexity index is 1150. The SMILES string of the molecule is Cc1[nH]nc2ccc(C(=O)N3CCN4C[C@](O)(c5ccc(Cl)cc5)CC[C@H]4C3)c(Cl)c12. The number of benzene rings is 2. The molecule has 0 aliphatic carbocycles. The number of amides is 1. The number of H-pyrrole nitrogens is 1. The molecule has 2 N–H and O–H groups in total. The lowest BCUT2D eigenvalue weighted by Gasteiger charge is -2.49. The van der Waals surface area contributed by atoms with Crippen molar-refractivity contribution in [1.82, 2.24) is 20.0 Å². The first-order chi connectivity index (χ1) is 14.9. The molecule has 2 aromatic carbocycles. The Morgan fingerprint density at radius 1 is 1.19 bits per heavy atom. The predicted molar refractivity (Wildman–Crippen MR) is 122 cm³/mol. The third-order valence-corrected chi connectivity index (χ3v) is 7.34. The van der Waals surface area contributed by atoms with Gasteiger partial charge >= 0.3 is 0 Å². The summed E-state index contributed by atoms with van der Waals surface area (Å²) in [6.45, 7) is 4.41. The number of aliphatic hydroxyl groups is 1. The van der Waals surface area contributed by atoms with Gasteiger partial charge in [-0.2, -0.15) is 5.10 Å². The van der Waals surface area contributed by atoms with Crippen LogP contribution in [-0.4, -0.2) is 63.2 Å². The van der Waals surface area contributed by atoms with Gasteiger partial charge in [0, 0.05) is 48.3 Å². The maximum absolute atomic E-state index is 13.3. The van der Waals surface area contributed by atoms with E-state index in [4.69, 9.17) is 23.2 Å². The van der Waals surface area contributed by atoms with Crippen LogP contribution in [0, 0.1) is 6.92 Å². The van der Waals surface area contributed by atoms with Gasteiger partial charge in [-0.15, -0.1) is 0 Å². The molecule has 8 heteroatoms. The summed E-state index contributed by atoms with van der Waals surface area (Å²) in [4.78, 5) is 17.5. The Morgan fingerprint density at radius 3 is 2.74 bits per heavy atom. The maximum atomic E-state index is 13.3. The van der Waals surface area contributed by atoms with Gasteiger partial charge in [-0.25, -0.2) is 0 Å². The topological polar surface area (TPSA) is 72.5 Å². The summed E-state index contributed by atoms with van der Waals surface area (Å²) < 4.78 is 0. The van der Waals surface area contributed by atoms with Gasteiger partial charge in [-0.1, -0.05) is 35.3 Å². The van der Waals surface area contributed by atoms with E-state index in [-0.39, 0.29) is 11.9 Å². The van der Waals surface area contributed by atoms with Crippen LogP contribution in [0.2, 0.25) is 10.0 Å². The van der Waals surface area contributed by atoms with E-state index in [0.717, 1.165) is 35.1 Å². The highest BCUT2D eigenvalue weighted by Crippen LogP contribution is 2.36. The summed E-state index contributed by atoms with van der Waals surface area (Å²) in [5.41, 5.74) is 2.14. The standard InChI is InChI=1S/C23H24Cl2N4O2/c1-14-20-19(27-26-14)7-6-18(21(20)25)22(30)28-10-11-29-13-23(31,9-8-17(29)12-28)15-2-4-16(24)5-3-15/h2-7,17,31H,8-13H2,1H3,(H,26,27)/t17-,23-/m0/s1. The second kappa shape index (κ2) is 7.78. The van der Waals surface area contributed by atoms with Crippen molar-refractivity contribution in [1.29, 1.82) is 0 Å². The van der Waals surface area contributed by atoms with Crippen LogP contribution in [0.1, 0.15) is 34.5 Å². The number of hydrogen-bond acceptors (Lipinski definition) is 4. The van der Waals surface area contributed by atoms with Gasteiger partial charge in [0.1, 0.15) is 5.60 Å². The number of aromatic nitrogens is 2. The molecule has 0 saturated carbocycles. The second-order valence-corrected chi connectivity index (χ2v) is 9.44. The van der Waals surface area contributed by atoms with E-state index >= 15 is 0 Å². The highest BCUT2D eigenvalue weighted by Gasteiger charge is 2.42. The van der Waals surface area contributed by atoms with Crippen LogP contribution < -0.4 is 0 Å². The minimum Gasteiger partial charge on any atom is -0.384 e. The largest absolute Gasteiger partial charge is 0.384 e. The molecule has 3 heterocycles. The van der Waals surface area contributed by atoms with E-state index < -0.39 is 5.60 Å². The molecule has 0 radical (unpaired) electrons. The molecule has 2 aliphatic rings. The molecular formula is C23H24Cl2N4O2. The van der Waals surface area contributed by atoms with E-state index in [1.54, 1.807) is 6.07 Å². The van der Waals surface area contributed by atoms with Crippen LogP contribution in [0.3, 0.4) is 0 Å². The second-order valence-electron chi connectivity index (χ2n) is 8.62. The van der Waals surface area contributed by atoms with Crippen molar-refractivity contribution in [2.24, 2.45) is 0 Å². The van der Waals surface area contributed by atoms with Crippen LogP contribution in [0.4, 0.5) is 0 Å². The number of aryl methyl sites for hydroxylation is 1. The van der Waals surface area contributed by atoms with Crippen LogP contribution in [0.5, 0.6) is 0 Å². The zero-order valence-electron chi connectivity index (χ0n) is 17.2. The van der Waals surface area contributed by atoms with Crippen molar-refractivity contribution < 1.29 is 9.90 Å². The summed E-state index contributed by atoms with van der Waals surface area (Å²) in [6.07, 6.45) is 1.47. The van der Waals surface area contributed by atoms with Crippen molar-refractivity contribution in [2.75, 3.05) is 26.2 Å². The molecule has 0 bridgehead atoms. The Hall–Kier alpha value is -2.12. The third-order valence-electron chi connectivity index (χ3n) is 6.70. The summed E-state index contributed by atoms with van der Waals surface area (Å²) in [5, 5.41) is 20.3. The molecule has 1 amide bonds. The number of nitrogens with zero attached hydrogens (tertiary/aromatic N) is 3. The van der Waals surface area contributed by atoms with E-state index in [1.807, 2.05) is 42.2 Å². The molecule has 2 atom stereocenters. The first-order valence-electron chi connectivity index (χ1n) is 10.5. The van der Waals surface area contributed by atoms with Gasteiger partial charge in [-0.3, -0.25) is 14.8 Å². The number of fused-ring (bicyclic) bond motifs is 2. The number of carbonyl (C=O) groups is 1. The average molecular weight is 459 g/mol. The van der Waals surface area contributed by atoms with Gasteiger partial charge < -0.3 is 10.0 Å². The molecule has 3 aromatic rings. The third kappa shape index (κ3) is 3.61. The molecule has 6 nitrogen and oxygen atoms in total. The fraction of sp³-hybridized carbons (Fsp3) is 0.391. The number of piperazine rings is 1. The molecule has 1 aromatic heterocycles. The van der Waals surface area contributed by atoms with Crippen LogP contribution in [0.25, 0.3) is 10.9 Å². The van der Waals surface area contributed by atoms with Gasteiger partial charge in [-0.05, 0) is 49.6 Å². The van der Waals surface area contributed by atoms with E-state index in [1.165, 1.54) is 0 Å². The quantitative estimate of drug-likeness (QED) is 0.608. The molecule has 2 fully saturated rings. The van der Waals surface area contributed by atoms with Crippen molar-refractivity contribution >= 4 is 40.0 Å². The number of rotatable bonds is 2. The van der Waals surface area contributed by atoms with Crippen molar-refractivity contribution in [3.63, 3.8) is 0 Å². The minimum absolute atomic E-state index is 0.0503. The highest BCUT2D eigenvalue weighted by molar-refractivity contribution is 6.38. The monoisotopic (exact) mass is 458 g/mol. The number of piperidine rings is 1. The molecule has 2 aliphatic heterocycles. The number of nitrogens with one attached hydrogen (secondary N) is 1. The Balaban J connectivity index is 1.32. The summed E-state index contributed by atoms with van der Waals surface area (Å²) in [6, 6.07) is 11.3. The van der Waals surface area contributed by atoms with Crippen molar-refractivity contribution in [2.45, 2.75) is 31.4 Å². The van der Waals surface area contributed by atoms with Crippen LogP contribution in [-0.2, 0) is 5.60 Å². The lowest BCUT2D eigenvalue weighted by Crippen LogP contribution is -2.60. The Kier molecular flexibility index (Phi) is 5.21. The summed E-state index contributed by atoms with van der Waals surface area (Å²) in [5.74, 6) is -0.0503. The Morgan fingerprint density at radius 2 is 1.97 bits per heavy atom. The Labute approximate surface area is 190 Å².